The average molecular weight is 1060 g/mol. The first kappa shape index (κ1) is 57.1. The maximum absolute atomic E-state index is 15.5. The number of aliphatic hydroxyl groups is 12. The maximum atomic E-state index is 15.5. The second-order valence-corrected chi connectivity index (χ2v) is 25.8. The van der Waals surface area contributed by atoms with Crippen LogP contribution in [0, 0.1) is 50.2 Å². The number of hydrogen-bond acceptors (Lipinski definition) is 21. The van der Waals surface area contributed by atoms with Gasteiger partial charge in [0.1, 0.15) is 79.4 Å². The number of allylic oxidation sites excluding steroid dienone is 2. The minimum absolute atomic E-state index is 0.105. The fourth-order valence-corrected chi connectivity index (χ4v) is 16.1. The Balaban J connectivity index is 0.988. The van der Waals surface area contributed by atoms with E-state index in [0.29, 0.717) is 38.5 Å². The number of carbonyl (C=O) groups is 1. The van der Waals surface area contributed by atoms with Crippen LogP contribution in [0.2, 0.25) is 0 Å². The number of hydrogen-bond donors (Lipinski definition) is 12. The number of ether oxygens (including phenoxy) is 8. The van der Waals surface area contributed by atoms with Gasteiger partial charge in [0.25, 0.3) is 0 Å². The van der Waals surface area contributed by atoms with Crippen molar-refractivity contribution in [2.45, 2.75) is 242 Å². The quantitative estimate of drug-likeness (QED) is 0.0755. The van der Waals surface area contributed by atoms with Gasteiger partial charge in [-0.05, 0) is 116 Å². The molecule has 424 valence electrons. The van der Waals surface area contributed by atoms with Crippen molar-refractivity contribution in [3.8, 4) is 0 Å². The SMILES string of the molecule is C[C@@H]1O[C@@H](O[C@H]2[C@H](OC(=O)[C@]34CCC(C)(C)C[C@@H]3C3=CC[C@@H]5[C@@]6(C)CC[C@H](O[C@@H]7OC[C@H](O)[C@H](O)[C@H]7O)C(C)(C)[C@@H]6CC[C@@]5(C)[C@]3(C)CC4)O[C@H](CO[C@@H]3O[C@H](CO)[C@@H](O)[C@H](O)[C@H]3O)[C@@H](O)[C@@H]2O)[C@H](O)[C@H](O)[C@H]1O. The summed E-state index contributed by atoms with van der Waals surface area (Å²) in [6.45, 7) is 16.1. The van der Waals surface area contributed by atoms with E-state index in [1.54, 1.807) is 0 Å². The van der Waals surface area contributed by atoms with Crippen LogP contribution < -0.4 is 0 Å². The van der Waals surface area contributed by atoms with Crippen molar-refractivity contribution in [3.63, 3.8) is 0 Å². The van der Waals surface area contributed by atoms with Crippen LogP contribution in [0.4, 0.5) is 0 Å². The van der Waals surface area contributed by atoms with E-state index in [2.05, 4.69) is 54.5 Å². The van der Waals surface area contributed by atoms with Gasteiger partial charge in [0, 0.05) is 0 Å². The topological polar surface area (TPSA) is 334 Å². The normalized spacial score (nSPS) is 54.1. The van der Waals surface area contributed by atoms with Gasteiger partial charge in [-0.3, -0.25) is 4.79 Å². The predicted molar refractivity (Wildman–Crippen MR) is 255 cm³/mol. The zero-order valence-corrected chi connectivity index (χ0v) is 44.1. The van der Waals surface area contributed by atoms with Crippen molar-refractivity contribution < 1.29 is 104 Å². The second kappa shape index (κ2) is 20.5. The van der Waals surface area contributed by atoms with Crippen molar-refractivity contribution in [1.29, 1.82) is 0 Å². The van der Waals surface area contributed by atoms with Gasteiger partial charge in [-0.25, -0.2) is 0 Å². The number of fused-ring (bicyclic) bond motifs is 7. The summed E-state index contributed by atoms with van der Waals surface area (Å²) in [6.07, 6.45) is -20.4. The lowest BCUT2D eigenvalue weighted by Crippen LogP contribution is -2.66. The Morgan fingerprint density at radius 1 is 0.635 bits per heavy atom. The summed E-state index contributed by atoms with van der Waals surface area (Å²) in [5.41, 5.74) is -0.928. The highest BCUT2D eigenvalue weighted by molar-refractivity contribution is 5.79. The first-order valence-electron chi connectivity index (χ1n) is 27.1. The highest BCUT2D eigenvalue weighted by Crippen LogP contribution is 2.76. The molecular weight excluding hydrogens is 973 g/mol. The lowest BCUT2D eigenvalue weighted by atomic mass is 9.33. The van der Waals surface area contributed by atoms with E-state index in [1.165, 1.54) is 12.5 Å². The molecule has 9 aliphatic rings. The first-order valence-corrected chi connectivity index (χ1v) is 27.1. The highest BCUT2D eigenvalue weighted by atomic mass is 16.8. The molecule has 0 unspecified atom stereocenters. The Hall–Kier alpha value is -1.55. The van der Waals surface area contributed by atoms with E-state index in [-0.39, 0.29) is 57.5 Å². The molecule has 74 heavy (non-hydrogen) atoms. The minimum Gasteiger partial charge on any atom is -0.432 e. The van der Waals surface area contributed by atoms with E-state index in [1.807, 2.05) is 0 Å². The summed E-state index contributed by atoms with van der Waals surface area (Å²) in [5, 5.41) is 128. The molecule has 27 atom stereocenters. The molecule has 21 nitrogen and oxygen atoms in total. The smallest absolute Gasteiger partial charge is 0.315 e. The largest absolute Gasteiger partial charge is 0.432 e. The third-order valence-corrected chi connectivity index (χ3v) is 21.0. The summed E-state index contributed by atoms with van der Waals surface area (Å²) < 4.78 is 48.0. The van der Waals surface area contributed by atoms with Gasteiger partial charge in [-0.15, -0.1) is 0 Å². The van der Waals surface area contributed by atoms with Gasteiger partial charge >= 0.3 is 5.97 Å². The van der Waals surface area contributed by atoms with E-state index < -0.39 is 141 Å². The average Bonchev–Trinajstić information content (AvgIpc) is 3.35. The molecule has 0 spiro atoms. The molecule has 8 fully saturated rings. The van der Waals surface area contributed by atoms with Gasteiger partial charge in [0.15, 0.2) is 25.0 Å². The summed E-state index contributed by atoms with van der Waals surface area (Å²) in [5.74, 6) is -0.351. The molecular formula is C53H86O21. The van der Waals surface area contributed by atoms with Crippen LogP contribution in [0.15, 0.2) is 11.6 Å². The molecule has 4 saturated heterocycles. The molecule has 0 aromatic heterocycles. The van der Waals surface area contributed by atoms with Gasteiger partial charge in [-0.2, -0.15) is 0 Å². The predicted octanol–water partition coefficient (Wildman–Crippen LogP) is -0.369. The highest BCUT2D eigenvalue weighted by Gasteiger charge is 2.70. The lowest BCUT2D eigenvalue weighted by Gasteiger charge is -2.71. The van der Waals surface area contributed by atoms with Crippen LogP contribution in [-0.4, -0.2) is 210 Å². The summed E-state index contributed by atoms with van der Waals surface area (Å²) >= 11 is 0. The van der Waals surface area contributed by atoms with Crippen LogP contribution in [0.3, 0.4) is 0 Å². The van der Waals surface area contributed by atoms with Gasteiger partial charge in [0.05, 0.1) is 37.4 Å². The van der Waals surface area contributed by atoms with Crippen molar-refractivity contribution in [3.05, 3.63) is 11.6 Å². The molecule has 5 aliphatic carbocycles. The van der Waals surface area contributed by atoms with Crippen molar-refractivity contribution in [1.82, 2.24) is 0 Å². The van der Waals surface area contributed by atoms with Gasteiger partial charge < -0.3 is 99.2 Å². The molecule has 9 rings (SSSR count). The molecule has 21 heteroatoms. The molecule has 4 saturated carbocycles. The van der Waals surface area contributed by atoms with Crippen molar-refractivity contribution in [2.24, 2.45) is 50.2 Å². The number of rotatable bonds is 10. The fraction of sp³-hybridized carbons (Fsp3) is 0.943. The molecule has 0 aromatic carbocycles. The van der Waals surface area contributed by atoms with Crippen LogP contribution >= 0.6 is 0 Å². The molecule has 4 aliphatic heterocycles. The molecule has 0 amide bonds. The summed E-state index contributed by atoms with van der Waals surface area (Å²) in [4.78, 5) is 15.5. The number of aliphatic hydroxyl groups excluding tert-OH is 12. The Bertz CT molecular complexity index is 2040. The minimum atomic E-state index is -1.91. The van der Waals surface area contributed by atoms with E-state index in [4.69, 9.17) is 37.9 Å². The standard InChI is InChI=1S/C53H86O21/c1-23-32(56)36(60)41(65)45(69-23)73-42-38(62)35(59)28(22-68-43-40(64)37(61)34(58)27(20-54)70-43)71-46(42)74-47(66)53-17-15-48(2,3)19-25(53)24-9-10-30-50(6)13-12-31(72-44-39(63)33(57)26(55)21-67-44)49(4,5)29(50)11-14-52(30,8)51(24,7)16-18-53/h9,23,25-46,54-65H,10-22H2,1-8H3/t23-,25+,26-,27+,28+,29-,30+,31-,32-,33-,34+,35+,36+,37-,38-,39+,40+,41+,42+,43+,44-,45-,46-,50-,51+,52+,53-/m0/s1. The Morgan fingerprint density at radius 3 is 1.97 bits per heavy atom. The van der Waals surface area contributed by atoms with E-state index >= 15 is 4.79 Å². The molecule has 0 aromatic rings. The van der Waals surface area contributed by atoms with Crippen LogP contribution in [0.25, 0.3) is 0 Å². The molecule has 12 N–H and O–H groups in total. The molecule has 0 radical (unpaired) electrons. The summed E-state index contributed by atoms with van der Waals surface area (Å²) in [7, 11) is 0. The zero-order chi connectivity index (χ0) is 54.0. The van der Waals surface area contributed by atoms with Gasteiger partial charge in [0.2, 0.25) is 6.29 Å². The first-order chi connectivity index (χ1) is 34.6. The van der Waals surface area contributed by atoms with Crippen LogP contribution in [0.1, 0.15) is 120 Å². The van der Waals surface area contributed by atoms with Crippen molar-refractivity contribution >= 4 is 5.97 Å². The fourth-order valence-electron chi connectivity index (χ4n) is 16.1. The second-order valence-electron chi connectivity index (χ2n) is 25.8. The van der Waals surface area contributed by atoms with Crippen molar-refractivity contribution in [2.75, 3.05) is 19.8 Å². The van der Waals surface area contributed by atoms with Gasteiger partial charge in [-0.1, -0.05) is 60.1 Å². The lowest BCUT2D eigenvalue weighted by molar-refractivity contribution is -0.366. The zero-order valence-electron chi connectivity index (χ0n) is 44.1. The third kappa shape index (κ3) is 9.27. The van der Waals surface area contributed by atoms with E-state index in [9.17, 15) is 61.3 Å². The maximum Gasteiger partial charge on any atom is 0.315 e. The third-order valence-electron chi connectivity index (χ3n) is 21.0. The van der Waals surface area contributed by atoms with Crippen LogP contribution in [-0.2, 0) is 42.7 Å². The molecule has 4 heterocycles. The Kier molecular flexibility index (Phi) is 15.8. The molecule has 0 bridgehead atoms. The number of carbonyl (C=O) groups excluding carboxylic acids is 1. The Labute approximate surface area is 433 Å². The summed E-state index contributed by atoms with van der Waals surface area (Å²) in [6, 6.07) is 0. The van der Waals surface area contributed by atoms with Crippen LogP contribution in [0.5, 0.6) is 0 Å². The van der Waals surface area contributed by atoms with E-state index in [0.717, 1.165) is 25.7 Å². The monoisotopic (exact) mass is 1060 g/mol. The number of esters is 1. The Morgan fingerprint density at radius 2 is 1.27 bits per heavy atom.